The molecular formula is C13H17N3O. The van der Waals surface area contributed by atoms with E-state index in [1.165, 1.54) is 23.0 Å². The van der Waals surface area contributed by atoms with Crippen LogP contribution in [0.5, 0.6) is 0 Å². The first-order chi connectivity index (χ1) is 8.25. The molecule has 0 amide bonds. The van der Waals surface area contributed by atoms with E-state index in [1.54, 1.807) is 0 Å². The number of aryl methyl sites for hydroxylation is 2. The van der Waals surface area contributed by atoms with Crippen molar-refractivity contribution in [2.45, 2.75) is 26.8 Å². The minimum absolute atomic E-state index is 0.678. The summed E-state index contributed by atoms with van der Waals surface area (Å²) in [6.07, 6.45) is 2.20. The van der Waals surface area contributed by atoms with Gasteiger partial charge in [-0.25, -0.2) is 0 Å². The summed E-state index contributed by atoms with van der Waals surface area (Å²) in [5, 5.41) is 6.93. The molecule has 0 unspecified atom stereocenters. The van der Waals surface area contributed by atoms with Crippen molar-refractivity contribution in [3.8, 4) is 0 Å². The molecule has 0 spiro atoms. The van der Waals surface area contributed by atoms with Gasteiger partial charge in [-0.3, -0.25) is 0 Å². The zero-order valence-electron chi connectivity index (χ0n) is 10.2. The van der Waals surface area contributed by atoms with Crippen LogP contribution in [0.2, 0.25) is 0 Å². The maximum atomic E-state index is 4.92. The lowest BCUT2D eigenvalue weighted by molar-refractivity contribution is 0.375. The summed E-state index contributed by atoms with van der Waals surface area (Å²) < 4.78 is 4.92. The van der Waals surface area contributed by atoms with Gasteiger partial charge in [-0.15, -0.1) is 0 Å². The van der Waals surface area contributed by atoms with Gasteiger partial charge in [0.15, 0.2) is 6.33 Å². The van der Waals surface area contributed by atoms with Crippen molar-refractivity contribution < 1.29 is 4.52 Å². The van der Waals surface area contributed by atoms with Crippen LogP contribution in [-0.2, 0) is 13.0 Å². The molecule has 17 heavy (non-hydrogen) atoms. The van der Waals surface area contributed by atoms with Crippen molar-refractivity contribution in [1.29, 1.82) is 0 Å². The molecule has 2 rings (SSSR count). The number of rotatable bonds is 5. The Morgan fingerprint density at radius 3 is 2.82 bits per heavy atom. The second-order valence-electron chi connectivity index (χ2n) is 4.18. The Balaban J connectivity index is 1.76. The van der Waals surface area contributed by atoms with Crippen LogP contribution < -0.4 is 5.32 Å². The van der Waals surface area contributed by atoms with E-state index in [2.05, 4.69) is 47.5 Å². The van der Waals surface area contributed by atoms with Gasteiger partial charge in [-0.1, -0.05) is 23.4 Å². The summed E-state index contributed by atoms with van der Waals surface area (Å²) in [6, 6.07) is 6.53. The lowest BCUT2D eigenvalue weighted by atomic mass is 10.1. The summed E-state index contributed by atoms with van der Waals surface area (Å²) in [6.45, 7) is 5.98. The summed E-state index contributed by atoms with van der Waals surface area (Å²) in [4.78, 5) is 3.97. The average Bonchev–Trinajstić information content (AvgIpc) is 2.82. The maximum Gasteiger partial charge on any atom is 0.227 e. The molecule has 0 atom stereocenters. The number of nitrogens with zero attached hydrogens (tertiary/aromatic N) is 2. The monoisotopic (exact) mass is 231 g/mol. The van der Waals surface area contributed by atoms with Crippen molar-refractivity contribution in [2.24, 2.45) is 0 Å². The Hall–Kier alpha value is -1.68. The Labute approximate surface area is 101 Å². The standard InChI is InChI=1S/C13H17N3O/c1-10-3-4-12(7-11(10)2)8-14-6-5-13-15-9-16-17-13/h3-4,7,9,14H,5-6,8H2,1-2H3. The van der Waals surface area contributed by atoms with Crippen LogP contribution in [0, 0.1) is 13.8 Å². The van der Waals surface area contributed by atoms with Crippen molar-refractivity contribution in [3.63, 3.8) is 0 Å². The van der Waals surface area contributed by atoms with Crippen LogP contribution in [0.1, 0.15) is 22.6 Å². The highest BCUT2D eigenvalue weighted by Crippen LogP contribution is 2.09. The van der Waals surface area contributed by atoms with Gasteiger partial charge in [0.2, 0.25) is 5.89 Å². The van der Waals surface area contributed by atoms with E-state index >= 15 is 0 Å². The Morgan fingerprint density at radius 2 is 2.12 bits per heavy atom. The molecule has 0 radical (unpaired) electrons. The first-order valence-corrected chi connectivity index (χ1v) is 5.78. The van der Waals surface area contributed by atoms with Gasteiger partial charge in [0, 0.05) is 19.5 Å². The van der Waals surface area contributed by atoms with Gasteiger partial charge in [0.25, 0.3) is 0 Å². The molecule has 1 aromatic heterocycles. The van der Waals surface area contributed by atoms with E-state index in [0.717, 1.165) is 19.5 Å². The Kier molecular flexibility index (Phi) is 3.88. The van der Waals surface area contributed by atoms with E-state index in [9.17, 15) is 0 Å². The fourth-order valence-corrected chi connectivity index (χ4v) is 1.65. The smallest absolute Gasteiger partial charge is 0.227 e. The first-order valence-electron chi connectivity index (χ1n) is 5.78. The number of aromatic nitrogens is 2. The van der Waals surface area contributed by atoms with E-state index in [0.29, 0.717) is 5.89 Å². The minimum Gasteiger partial charge on any atom is -0.340 e. The number of benzene rings is 1. The molecule has 4 nitrogen and oxygen atoms in total. The second-order valence-corrected chi connectivity index (χ2v) is 4.18. The minimum atomic E-state index is 0.678. The second kappa shape index (κ2) is 5.59. The molecule has 2 aromatic rings. The van der Waals surface area contributed by atoms with Gasteiger partial charge < -0.3 is 9.84 Å². The van der Waals surface area contributed by atoms with Crippen molar-refractivity contribution in [1.82, 2.24) is 15.5 Å². The third-order valence-electron chi connectivity index (χ3n) is 2.82. The maximum absolute atomic E-state index is 4.92. The molecule has 0 aliphatic heterocycles. The largest absolute Gasteiger partial charge is 0.340 e. The zero-order chi connectivity index (χ0) is 12.1. The zero-order valence-corrected chi connectivity index (χ0v) is 10.2. The van der Waals surface area contributed by atoms with Gasteiger partial charge in [0.1, 0.15) is 0 Å². The summed E-state index contributed by atoms with van der Waals surface area (Å²) in [5.74, 6) is 0.678. The molecule has 0 fully saturated rings. The predicted octanol–water partition coefficient (Wildman–Crippen LogP) is 2.02. The van der Waals surface area contributed by atoms with Gasteiger partial charge in [-0.05, 0) is 30.5 Å². The fourth-order valence-electron chi connectivity index (χ4n) is 1.65. The van der Waals surface area contributed by atoms with Crippen LogP contribution in [0.3, 0.4) is 0 Å². The van der Waals surface area contributed by atoms with Gasteiger partial charge >= 0.3 is 0 Å². The normalized spacial score (nSPS) is 10.7. The third kappa shape index (κ3) is 3.39. The lowest BCUT2D eigenvalue weighted by Gasteiger charge is -2.06. The fraction of sp³-hybridized carbons (Fsp3) is 0.385. The molecule has 1 aromatic carbocycles. The molecule has 1 heterocycles. The molecule has 4 heteroatoms. The summed E-state index contributed by atoms with van der Waals surface area (Å²) >= 11 is 0. The van der Waals surface area contributed by atoms with Gasteiger partial charge in [0.05, 0.1) is 0 Å². The van der Waals surface area contributed by atoms with Crippen LogP contribution >= 0.6 is 0 Å². The van der Waals surface area contributed by atoms with Gasteiger partial charge in [-0.2, -0.15) is 4.98 Å². The van der Waals surface area contributed by atoms with E-state index < -0.39 is 0 Å². The molecule has 0 saturated carbocycles. The molecule has 1 N–H and O–H groups in total. The highest BCUT2D eigenvalue weighted by molar-refractivity contribution is 5.29. The third-order valence-corrected chi connectivity index (χ3v) is 2.82. The molecule has 90 valence electrons. The van der Waals surface area contributed by atoms with E-state index in [4.69, 9.17) is 4.52 Å². The molecular weight excluding hydrogens is 214 g/mol. The van der Waals surface area contributed by atoms with Crippen molar-refractivity contribution in [2.75, 3.05) is 6.54 Å². The van der Waals surface area contributed by atoms with E-state index in [-0.39, 0.29) is 0 Å². The molecule has 0 aliphatic carbocycles. The van der Waals surface area contributed by atoms with Crippen molar-refractivity contribution in [3.05, 3.63) is 47.1 Å². The van der Waals surface area contributed by atoms with Crippen LogP contribution in [0.4, 0.5) is 0 Å². The summed E-state index contributed by atoms with van der Waals surface area (Å²) in [7, 11) is 0. The SMILES string of the molecule is Cc1ccc(CNCCc2ncno2)cc1C. The molecule has 0 aliphatic rings. The van der Waals surface area contributed by atoms with Crippen LogP contribution in [0.15, 0.2) is 29.0 Å². The Morgan fingerprint density at radius 1 is 1.24 bits per heavy atom. The highest BCUT2D eigenvalue weighted by atomic mass is 16.5. The topological polar surface area (TPSA) is 51.0 Å². The van der Waals surface area contributed by atoms with Crippen LogP contribution in [0.25, 0.3) is 0 Å². The Bertz CT molecular complexity index is 466. The summed E-state index contributed by atoms with van der Waals surface area (Å²) in [5.41, 5.74) is 3.97. The van der Waals surface area contributed by atoms with Crippen LogP contribution in [-0.4, -0.2) is 16.7 Å². The average molecular weight is 231 g/mol. The number of hydrogen-bond donors (Lipinski definition) is 1. The lowest BCUT2D eigenvalue weighted by Crippen LogP contribution is -2.16. The number of hydrogen-bond acceptors (Lipinski definition) is 4. The molecule has 0 saturated heterocycles. The molecule has 0 bridgehead atoms. The highest BCUT2D eigenvalue weighted by Gasteiger charge is 1.99. The quantitative estimate of drug-likeness (QED) is 0.800. The predicted molar refractivity (Wildman–Crippen MR) is 65.6 cm³/mol. The van der Waals surface area contributed by atoms with Crippen molar-refractivity contribution >= 4 is 0 Å². The van der Waals surface area contributed by atoms with E-state index in [1.807, 2.05) is 0 Å². The first kappa shape index (κ1) is 11.8. The number of nitrogens with one attached hydrogen (secondary N) is 1.